The van der Waals surface area contributed by atoms with Crippen LogP contribution in [-0.4, -0.2) is 17.7 Å². The van der Waals surface area contributed by atoms with Crippen molar-refractivity contribution in [2.75, 3.05) is 0 Å². The van der Waals surface area contributed by atoms with E-state index in [1.807, 2.05) is 0 Å². The average molecular weight is 286 g/mol. The van der Waals surface area contributed by atoms with E-state index in [9.17, 15) is 0 Å². The summed E-state index contributed by atoms with van der Waals surface area (Å²) in [6.07, 6.45) is 22.2. The molecule has 0 bridgehead atoms. The first-order valence-corrected chi connectivity index (χ1v) is 10.3. The van der Waals surface area contributed by atoms with Crippen LogP contribution in [0.2, 0.25) is 4.59 Å². The van der Waals surface area contributed by atoms with Gasteiger partial charge in [-0.1, -0.05) is 0 Å². The molecule has 1 fully saturated rings. The molecule has 0 heterocycles. The summed E-state index contributed by atoms with van der Waals surface area (Å²) in [5.41, 5.74) is 0. The van der Waals surface area contributed by atoms with Gasteiger partial charge in [-0.15, -0.1) is 0 Å². The van der Waals surface area contributed by atoms with Crippen molar-refractivity contribution in [3.8, 4) is 0 Å². The van der Waals surface area contributed by atoms with Gasteiger partial charge in [-0.2, -0.15) is 0 Å². The van der Waals surface area contributed by atoms with E-state index < -0.39 is 0 Å². The molecule has 0 radical (unpaired) electrons. The molecule has 1 heteroatoms. The van der Waals surface area contributed by atoms with Crippen LogP contribution in [0.5, 0.6) is 0 Å². The van der Waals surface area contributed by atoms with Crippen molar-refractivity contribution in [3.63, 3.8) is 0 Å². The second-order valence-electron chi connectivity index (χ2n) is 7.95. The van der Waals surface area contributed by atoms with Gasteiger partial charge in [-0.3, -0.25) is 0 Å². The summed E-state index contributed by atoms with van der Waals surface area (Å²) >= 11 is 2.51. The van der Waals surface area contributed by atoms with E-state index in [0.29, 0.717) is 0 Å². The Morgan fingerprint density at radius 2 is 1.05 bits per heavy atom. The van der Waals surface area contributed by atoms with Crippen molar-refractivity contribution in [1.82, 2.24) is 0 Å². The van der Waals surface area contributed by atoms with Gasteiger partial charge >= 0.3 is 144 Å². The maximum atomic E-state index is 2.51. The number of rotatable bonds is 12. The van der Waals surface area contributed by atoms with Crippen molar-refractivity contribution in [1.29, 1.82) is 0 Å². The topological polar surface area (TPSA) is 0 Å². The first kappa shape index (κ1) is 19.6. The molecule has 0 spiro atoms. The molecule has 0 aromatic rings. The molecule has 2 atom stereocenters. The Morgan fingerprint density at radius 1 is 0.619 bits per heavy atom. The molecule has 0 saturated heterocycles. The van der Waals surface area contributed by atoms with Crippen LogP contribution in [0.3, 0.4) is 0 Å². The fourth-order valence-corrected chi connectivity index (χ4v) is 4.44. The predicted octanol–water partition coefficient (Wildman–Crippen LogP) is 7.08. The van der Waals surface area contributed by atoms with E-state index in [-0.39, 0.29) is 0 Å². The number of unbranched alkanes of at least 4 members (excludes halogenated alkanes) is 8. The Labute approximate surface area is 144 Å². The zero-order valence-electron chi connectivity index (χ0n) is 15.3. The summed E-state index contributed by atoms with van der Waals surface area (Å²) < 4.78 is 1.00. The van der Waals surface area contributed by atoms with Crippen LogP contribution in [0.4, 0.5) is 0 Å². The SMILES string of the molecule is [Li][CH]1CC(CCCCCCC)CC(CCCCCCC)C1. The fraction of sp³-hybridized carbons (Fsp3) is 1.00. The average Bonchev–Trinajstić information content (AvgIpc) is 2.46. The third-order valence-corrected chi connectivity index (χ3v) is 5.57. The second-order valence-corrected chi connectivity index (χ2v) is 7.95. The van der Waals surface area contributed by atoms with Gasteiger partial charge in [0, 0.05) is 0 Å². The molecule has 120 valence electrons. The van der Waals surface area contributed by atoms with Crippen molar-refractivity contribution in [2.24, 2.45) is 11.8 Å². The van der Waals surface area contributed by atoms with Crippen LogP contribution in [0.25, 0.3) is 0 Å². The molecule has 1 rings (SSSR count). The molecule has 0 aromatic heterocycles. The number of hydrogen-bond acceptors (Lipinski definition) is 0. The fourth-order valence-electron chi connectivity index (χ4n) is 4.44. The molecule has 1 saturated carbocycles. The molecule has 1 aliphatic carbocycles. The maximum absolute atomic E-state index is 2.51. The van der Waals surface area contributed by atoms with E-state index >= 15 is 0 Å². The van der Waals surface area contributed by atoms with E-state index in [1.54, 1.807) is 6.42 Å². The Bertz CT molecular complexity index is 204. The van der Waals surface area contributed by atoms with E-state index in [0.717, 1.165) is 16.4 Å². The van der Waals surface area contributed by atoms with Crippen molar-refractivity contribution >= 4 is 17.7 Å². The van der Waals surface area contributed by atoms with Gasteiger partial charge in [0.25, 0.3) is 0 Å². The Morgan fingerprint density at radius 3 is 1.48 bits per heavy atom. The molecule has 21 heavy (non-hydrogen) atoms. The monoisotopic (exact) mass is 286 g/mol. The molecule has 0 aliphatic heterocycles. The minimum absolute atomic E-state index is 1.00. The molecular formula is C20H39Li. The molecule has 0 N–H and O–H groups in total. The summed E-state index contributed by atoms with van der Waals surface area (Å²) in [7, 11) is 0. The Hall–Kier alpha value is 0.597. The summed E-state index contributed by atoms with van der Waals surface area (Å²) in [4.78, 5) is 0. The van der Waals surface area contributed by atoms with Gasteiger partial charge in [0.2, 0.25) is 0 Å². The minimum atomic E-state index is 1.00. The van der Waals surface area contributed by atoms with E-state index in [2.05, 4.69) is 31.6 Å². The standard InChI is InChI=1S/C20H39.Li/c1-3-5-7-9-11-14-19-16-13-17-20(18-19)15-12-10-8-6-4-2;/h13,19-20H,3-12,14-18H2,1-2H3;. The zero-order chi connectivity index (χ0) is 15.3. The van der Waals surface area contributed by atoms with Crippen LogP contribution in [0.1, 0.15) is 110 Å². The summed E-state index contributed by atoms with van der Waals surface area (Å²) in [6.45, 7) is 4.63. The summed E-state index contributed by atoms with van der Waals surface area (Å²) in [5.74, 6) is 2.13. The van der Waals surface area contributed by atoms with Gasteiger partial charge < -0.3 is 0 Å². The molecule has 0 amide bonds. The molecule has 0 aromatic carbocycles. The quantitative estimate of drug-likeness (QED) is 0.265. The number of hydrogen-bond donors (Lipinski definition) is 0. The third-order valence-electron chi connectivity index (χ3n) is 5.57. The molecular weight excluding hydrogens is 247 g/mol. The molecule has 2 unspecified atom stereocenters. The van der Waals surface area contributed by atoms with Crippen LogP contribution < -0.4 is 0 Å². The second kappa shape index (κ2) is 13.1. The first-order chi connectivity index (χ1) is 10.3. The summed E-state index contributed by atoms with van der Waals surface area (Å²) in [5, 5.41) is 0. The van der Waals surface area contributed by atoms with Gasteiger partial charge in [0.15, 0.2) is 0 Å². The van der Waals surface area contributed by atoms with Crippen LogP contribution in [0, 0.1) is 11.8 Å². The van der Waals surface area contributed by atoms with Crippen molar-refractivity contribution in [3.05, 3.63) is 0 Å². The van der Waals surface area contributed by atoms with Crippen LogP contribution >= 0.6 is 0 Å². The van der Waals surface area contributed by atoms with Gasteiger partial charge in [0.1, 0.15) is 0 Å². The van der Waals surface area contributed by atoms with Crippen molar-refractivity contribution in [2.45, 2.75) is 115 Å². The predicted molar refractivity (Wildman–Crippen MR) is 97.1 cm³/mol. The third kappa shape index (κ3) is 10.1. The van der Waals surface area contributed by atoms with Crippen LogP contribution in [-0.2, 0) is 0 Å². The normalized spacial score (nSPS) is 26.2. The Balaban J connectivity index is 2.11. The van der Waals surface area contributed by atoms with E-state index in [4.69, 9.17) is 0 Å². The van der Waals surface area contributed by atoms with Crippen LogP contribution in [0.15, 0.2) is 0 Å². The first-order valence-electron chi connectivity index (χ1n) is 10.3. The van der Waals surface area contributed by atoms with Gasteiger partial charge in [-0.05, 0) is 0 Å². The van der Waals surface area contributed by atoms with E-state index in [1.165, 1.54) is 89.9 Å². The molecule has 1 aliphatic rings. The van der Waals surface area contributed by atoms with Crippen molar-refractivity contribution < 1.29 is 0 Å². The van der Waals surface area contributed by atoms with Gasteiger partial charge in [-0.25, -0.2) is 0 Å². The van der Waals surface area contributed by atoms with Gasteiger partial charge in [0.05, 0.1) is 0 Å². The zero-order valence-corrected chi connectivity index (χ0v) is 15.3. The Kier molecular flexibility index (Phi) is 12.2. The molecule has 0 nitrogen and oxygen atoms in total. The summed E-state index contributed by atoms with van der Waals surface area (Å²) in [6, 6.07) is 0.